The number of amides is 1. The molecule has 1 aliphatic heterocycles. The Morgan fingerprint density at radius 1 is 0.871 bits per heavy atom. The molecule has 31 heavy (non-hydrogen) atoms. The van der Waals surface area contributed by atoms with E-state index in [-0.39, 0.29) is 11.7 Å². The van der Waals surface area contributed by atoms with Gasteiger partial charge in [0.25, 0.3) is 5.91 Å². The Balaban J connectivity index is 1.53. The third kappa shape index (κ3) is 4.94. The van der Waals surface area contributed by atoms with Gasteiger partial charge < -0.3 is 14.5 Å². The van der Waals surface area contributed by atoms with E-state index in [1.165, 1.54) is 12.1 Å². The van der Waals surface area contributed by atoms with Gasteiger partial charge in [-0.15, -0.1) is 0 Å². The number of methoxy groups -OCH3 is 1. The van der Waals surface area contributed by atoms with Gasteiger partial charge in [0.15, 0.2) is 0 Å². The quantitative estimate of drug-likeness (QED) is 0.446. The van der Waals surface area contributed by atoms with E-state index in [1.54, 1.807) is 19.2 Å². The topological polar surface area (TPSA) is 32.8 Å². The fourth-order valence-corrected chi connectivity index (χ4v) is 3.74. The second kappa shape index (κ2) is 9.47. The average Bonchev–Trinajstić information content (AvgIpc) is 2.84. The predicted molar refractivity (Wildman–Crippen MR) is 123 cm³/mol. The van der Waals surface area contributed by atoms with Crippen LogP contribution in [0.4, 0.5) is 10.1 Å². The molecule has 0 spiro atoms. The first kappa shape index (κ1) is 20.7. The smallest absolute Gasteiger partial charge is 0.254 e. The summed E-state index contributed by atoms with van der Waals surface area (Å²) in [6.45, 7) is 2.65. The van der Waals surface area contributed by atoms with E-state index in [9.17, 15) is 9.18 Å². The van der Waals surface area contributed by atoms with Crippen molar-refractivity contribution < 1.29 is 13.9 Å². The molecule has 0 bridgehead atoms. The summed E-state index contributed by atoms with van der Waals surface area (Å²) < 4.78 is 18.4. The van der Waals surface area contributed by atoms with Crippen molar-refractivity contribution in [3.8, 4) is 5.75 Å². The van der Waals surface area contributed by atoms with Gasteiger partial charge in [0.1, 0.15) is 11.6 Å². The molecule has 1 amide bonds. The Morgan fingerprint density at radius 2 is 1.52 bits per heavy atom. The number of hydrogen-bond acceptors (Lipinski definition) is 3. The number of piperazine rings is 1. The molecule has 0 aliphatic carbocycles. The van der Waals surface area contributed by atoms with Crippen molar-refractivity contribution in [2.45, 2.75) is 0 Å². The van der Waals surface area contributed by atoms with Crippen LogP contribution in [0.1, 0.15) is 11.1 Å². The van der Waals surface area contributed by atoms with Crippen LogP contribution < -0.4 is 9.64 Å². The van der Waals surface area contributed by atoms with Crippen LogP contribution in [0, 0.1) is 5.82 Å². The average molecular weight is 416 g/mol. The second-order valence-corrected chi connectivity index (χ2v) is 7.45. The van der Waals surface area contributed by atoms with Crippen LogP contribution in [0.2, 0.25) is 0 Å². The number of rotatable bonds is 5. The number of hydrogen-bond donors (Lipinski definition) is 0. The predicted octanol–water partition coefficient (Wildman–Crippen LogP) is 4.72. The van der Waals surface area contributed by atoms with Crippen LogP contribution in [-0.2, 0) is 4.79 Å². The van der Waals surface area contributed by atoms with Crippen LogP contribution in [-0.4, -0.2) is 44.1 Å². The van der Waals surface area contributed by atoms with Crippen molar-refractivity contribution in [2.75, 3.05) is 38.2 Å². The first-order valence-electron chi connectivity index (χ1n) is 10.3. The minimum absolute atomic E-state index is 0.0146. The van der Waals surface area contributed by atoms with Crippen LogP contribution in [0.25, 0.3) is 11.6 Å². The fourth-order valence-electron chi connectivity index (χ4n) is 3.74. The maximum Gasteiger partial charge on any atom is 0.254 e. The van der Waals surface area contributed by atoms with Crippen LogP contribution in [0.15, 0.2) is 78.9 Å². The van der Waals surface area contributed by atoms with Crippen molar-refractivity contribution in [3.05, 3.63) is 95.8 Å². The van der Waals surface area contributed by atoms with E-state index in [1.807, 2.05) is 65.6 Å². The Hall–Kier alpha value is -3.60. The molecular weight excluding hydrogens is 391 g/mol. The first-order chi connectivity index (χ1) is 15.1. The normalized spacial score (nSPS) is 14.5. The summed E-state index contributed by atoms with van der Waals surface area (Å²) in [5.74, 6) is 0.552. The zero-order chi connectivity index (χ0) is 21.6. The molecule has 0 atom stereocenters. The maximum atomic E-state index is 13.5. The minimum atomic E-state index is -0.242. The molecule has 158 valence electrons. The summed E-state index contributed by atoms with van der Waals surface area (Å²) in [5, 5.41) is 0. The third-order valence-electron chi connectivity index (χ3n) is 5.50. The van der Waals surface area contributed by atoms with Gasteiger partial charge in [-0.05, 0) is 53.6 Å². The largest absolute Gasteiger partial charge is 0.497 e. The molecule has 4 rings (SSSR count). The molecule has 0 aromatic heterocycles. The highest BCUT2D eigenvalue weighted by molar-refractivity contribution is 6.24. The molecule has 0 unspecified atom stereocenters. The number of ether oxygens (including phenoxy) is 1. The van der Waals surface area contributed by atoms with Gasteiger partial charge >= 0.3 is 0 Å². The molecule has 0 N–H and O–H groups in total. The number of carbonyl (C=O) groups is 1. The number of carbonyl (C=O) groups excluding carboxylic acids is 1. The van der Waals surface area contributed by atoms with Crippen molar-refractivity contribution in [1.29, 1.82) is 0 Å². The summed E-state index contributed by atoms with van der Waals surface area (Å²) in [7, 11) is 1.63. The lowest BCUT2D eigenvalue weighted by Gasteiger charge is -2.36. The third-order valence-corrected chi connectivity index (χ3v) is 5.50. The number of halogens is 1. The molecule has 1 aliphatic rings. The first-order valence-corrected chi connectivity index (χ1v) is 10.3. The molecule has 3 aromatic carbocycles. The summed E-state index contributed by atoms with van der Waals surface area (Å²) >= 11 is 0. The Bertz CT molecular complexity index is 1040. The lowest BCUT2D eigenvalue weighted by atomic mass is 10.0. The Kier molecular flexibility index (Phi) is 6.32. The van der Waals surface area contributed by atoms with E-state index in [0.717, 1.165) is 22.6 Å². The summed E-state index contributed by atoms with van der Waals surface area (Å²) in [4.78, 5) is 17.5. The number of anilines is 1. The fraction of sp³-hybridized carbons (Fsp3) is 0.192. The highest BCUT2D eigenvalue weighted by Gasteiger charge is 2.24. The SMILES string of the molecule is COc1ccc(/C=C(\C(=O)N2CCN(c3ccc(F)cc3)CC2)c2ccccc2)cc1. The van der Waals surface area contributed by atoms with Crippen molar-refractivity contribution in [3.63, 3.8) is 0 Å². The molecule has 0 radical (unpaired) electrons. The van der Waals surface area contributed by atoms with Gasteiger partial charge in [0, 0.05) is 37.4 Å². The number of nitrogens with zero attached hydrogens (tertiary/aromatic N) is 2. The van der Waals surface area contributed by atoms with Gasteiger partial charge in [-0.25, -0.2) is 4.39 Å². The van der Waals surface area contributed by atoms with Crippen molar-refractivity contribution >= 4 is 23.2 Å². The van der Waals surface area contributed by atoms with Crippen molar-refractivity contribution in [2.24, 2.45) is 0 Å². The summed E-state index contributed by atoms with van der Waals surface area (Å²) in [6, 6.07) is 23.9. The van der Waals surface area contributed by atoms with E-state index < -0.39 is 0 Å². The van der Waals surface area contributed by atoms with E-state index in [0.29, 0.717) is 31.8 Å². The van der Waals surface area contributed by atoms with Gasteiger partial charge in [0.05, 0.1) is 7.11 Å². The Morgan fingerprint density at radius 3 is 2.13 bits per heavy atom. The molecular formula is C26H25FN2O2. The van der Waals surface area contributed by atoms with Gasteiger partial charge in [-0.1, -0.05) is 42.5 Å². The molecule has 1 saturated heterocycles. The lowest BCUT2D eigenvalue weighted by molar-refractivity contribution is -0.125. The molecule has 3 aromatic rings. The Labute approximate surface area is 182 Å². The van der Waals surface area contributed by atoms with Crippen LogP contribution in [0.3, 0.4) is 0 Å². The lowest BCUT2D eigenvalue weighted by Crippen LogP contribution is -2.49. The zero-order valence-electron chi connectivity index (χ0n) is 17.5. The number of benzene rings is 3. The molecule has 5 heteroatoms. The van der Waals surface area contributed by atoms with E-state index in [2.05, 4.69) is 4.90 Å². The molecule has 1 heterocycles. The molecule has 0 saturated carbocycles. The summed E-state index contributed by atoms with van der Waals surface area (Å²) in [6.07, 6.45) is 1.93. The minimum Gasteiger partial charge on any atom is -0.497 e. The van der Waals surface area contributed by atoms with Crippen molar-refractivity contribution in [1.82, 2.24) is 4.90 Å². The highest BCUT2D eigenvalue weighted by Crippen LogP contribution is 2.24. The maximum absolute atomic E-state index is 13.5. The van der Waals surface area contributed by atoms with Gasteiger partial charge in [-0.2, -0.15) is 0 Å². The highest BCUT2D eigenvalue weighted by atomic mass is 19.1. The van der Waals surface area contributed by atoms with Gasteiger partial charge in [-0.3, -0.25) is 4.79 Å². The second-order valence-electron chi connectivity index (χ2n) is 7.45. The van der Waals surface area contributed by atoms with Crippen LogP contribution >= 0.6 is 0 Å². The molecule has 4 nitrogen and oxygen atoms in total. The molecule has 1 fully saturated rings. The zero-order valence-corrected chi connectivity index (χ0v) is 17.5. The summed E-state index contributed by atoms with van der Waals surface area (Å²) in [5.41, 5.74) is 3.48. The van der Waals surface area contributed by atoms with E-state index in [4.69, 9.17) is 4.74 Å². The standard InChI is InChI=1S/C26H25FN2O2/c1-31-24-13-7-20(8-14-24)19-25(21-5-3-2-4-6-21)26(30)29-17-15-28(16-18-29)23-11-9-22(27)10-12-23/h2-14,19H,15-18H2,1H3/b25-19-. The van der Waals surface area contributed by atoms with Gasteiger partial charge in [0.2, 0.25) is 0 Å². The monoisotopic (exact) mass is 416 g/mol. The van der Waals surface area contributed by atoms with Crippen LogP contribution in [0.5, 0.6) is 5.75 Å². The van der Waals surface area contributed by atoms with E-state index >= 15 is 0 Å².